The first-order chi connectivity index (χ1) is 11.3. The fraction of sp³-hybridized carbons (Fsp3) is 0.0667. The summed E-state index contributed by atoms with van der Waals surface area (Å²) in [6, 6.07) is 9.60. The number of pyridine rings is 1. The maximum absolute atomic E-state index is 12.9. The van der Waals surface area contributed by atoms with Crippen LogP contribution in [0.15, 0.2) is 48.8 Å². The van der Waals surface area contributed by atoms with Gasteiger partial charge in [-0.2, -0.15) is 9.61 Å². The van der Waals surface area contributed by atoms with Crippen molar-refractivity contribution in [3.63, 3.8) is 0 Å². The summed E-state index contributed by atoms with van der Waals surface area (Å²) in [7, 11) is 0. The van der Waals surface area contributed by atoms with Gasteiger partial charge in [-0.25, -0.2) is 4.39 Å². The van der Waals surface area contributed by atoms with Crippen molar-refractivity contribution in [2.75, 3.05) is 0 Å². The third-order valence-electron chi connectivity index (χ3n) is 3.16. The van der Waals surface area contributed by atoms with Gasteiger partial charge in [0.2, 0.25) is 4.96 Å². The van der Waals surface area contributed by atoms with E-state index in [1.807, 2.05) is 12.1 Å². The molecule has 23 heavy (non-hydrogen) atoms. The van der Waals surface area contributed by atoms with Crippen LogP contribution in [0.4, 0.5) is 4.39 Å². The number of nitrogens with zero attached hydrogens (tertiary/aromatic N) is 5. The van der Waals surface area contributed by atoms with Crippen molar-refractivity contribution >= 4 is 16.3 Å². The average molecular weight is 327 g/mol. The van der Waals surface area contributed by atoms with Gasteiger partial charge in [0.15, 0.2) is 5.82 Å². The molecule has 8 heteroatoms. The minimum atomic E-state index is -0.302. The van der Waals surface area contributed by atoms with Crippen LogP contribution in [0.2, 0.25) is 0 Å². The molecule has 1 aromatic carbocycles. The summed E-state index contributed by atoms with van der Waals surface area (Å²) in [5.41, 5.74) is 0.973. The van der Waals surface area contributed by atoms with Crippen LogP contribution in [-0.4, -0.2) is 24.8 Å². The molecule has 0 atom stereocenters. The topological polar surface area (TPSA) is 65.2 Å². The first kappa shape index (κ1) is 13.8. The average Bonchev–Trinajstić information content (AvgIpc) is 3.16. The van der Waals surface area contributed by atoms with Crippen LogP contribution in [0.3, 0.4) is 0 Å². The number of hydrogen-bond acceptors (Lipinski definition) is 6. The van der Waals surface area contributed by atoms with E-state index in [2.05, 4.69) is 20.3 Å². The molecule has 0 unspecified atom stereocenters. The van der Waals surface area contributed by atoms with E-state index in [0.717, 1.165) is 10.6 Å². The highest BCUT2D eigenvalue weighted by Gasteiger charge is 2.13. The molecule has 0 bridgehead atoms. The van der Waals surface area contributed by atoms with Crippen molar-refractivity contribution in [1.82, 2.24) is 24.8 Å². The fourth-order valence-corrected chi connectivity index (χ4v) is 2.90. The Morgan fingerprint density at radius 1 is 1.04 bits per heavy atom. The van der Waals surface area contributed by atoms with Crippen LogP contribution in [0.25, 0.3) is 15.5 Å². The number of rotatable bonds is 4. The van der Waals surface area contributed by atoms with Crippen molar-refractivity contribution < 1.29 is 9.13 Å². The van der Waals surface area contributed by atoms with Gasteiger partial charge in [0.25, 0.3) is 0 Å². The highest BCUT2D eigenvalue weighted by atomic mass is 32.1. The lowest BCUT2D eigenvalue weighted by molar-refractivity contribution is 0.292. The lowest BCUT2D eigenvalue weighted by atomic mass is 10.3. The molecule has 0 amide bonds. The number of halogens is 1. The van der Waals surface area contributed by atoms with Crippen LogP contribution < -0.4 is 4.74 Å². The zero-order chi connectivity index (χ0) is 15.6. The monoisotopic (exact) mass is 327 g/mol. The summed E-state index contributed by atoms with van der Waals surface area (Å²) in [4.78, 5) is 4.68. The highest BCUT2D eigenvalue weighted by Crippen LogP contribution is 2.25. The molecule has 0 spiro atoms. The van der Waals surface area contributed by atoms with Crippen molar-refractivity contribution in [3.8, 4) is 16.3 Å². The van der Waals surface area contributed by atoms with Gasteiger partial charge in [-0.3, -0.25) is 4.98 Å². The molecule has 3 aromatic heterocycles. The van der Waals surface area contributed by atoms with Gasteiger partial charge < -0.3 is 4.74 Å². The van der Waals surface area contributed by atoms with Crippen molar-refractivity contribution in [2.45, 2.75) is 6.61 Å². The molecule has 0 aliphatic carbocycles. The molecule has 4 aromatic rings. The Kier molecular flexibility index (Phi) is 3.43. The Morgan fingerprint density at radius 2 is 1.83 bits per heavy atom. The molecule has 3 heterocycles. The van der Waals surface area contributed by atoms with Crippen molar-refractivity contribution in [1.29, 1.82) is 0 Å². The van der Waals surface area contributed by atoms with Gasteiger partial charge in [0.05, 0.1) is 0 Å². The maximum atomic E-state index is 12.9. The van der Waals surface area contributed by atoms with Crippen LogP contribution in [0, 0.1) is 5.82 Å². The van der Waals surface area contributed by atoms with Gasteiger partial charge in [-0.15, -0.1) is 10.2 Å². The van der Waals surface area contributed by atoms with E-state index in [0.29, 0.717) is 16.5 Å². The molecular weight excluding hydrogens is 317 g/mol. The van der Waals surface area contributed by atoms with E-state index in [1.54, 1.807) is 29.0 Å². The number of aromatic nitrogens is 5. The molecule has 0 fully saturated rings. The van der Waals surface area contributed by atoms with Crippen LogP contribution in [0.1, 0.15) is 5.82 Å². The lowest BCUT2D eigenvalue weighted by Gasteiger charge is -2.03. The second-order valence-electron chi connectivity index (χ2n) is 4.70. The molecule has 6 nitrogen and oxygen atoms in total. The van der Waals surface area contributed by atoms with E-state index in [-0.39, 0.29) is 12.4 Å². The molecule has 0 radical (unpaired) electrons. The summed E-state index contributed by atoms with van der Waals surface area (Å²) in [6.07, 6.45) is 3.44. The van der Waals surface area contributed by atoms with Gasteiger partial charge in [0, 0.05) is 18.0 Å². The van der Waals surface area contributed by atoms with Crippen molar-refractivity contribution in [2.24, 2.45) is 0 Å². The van der Waals surface area contributed by atoms with Crippen LogP contribution in [-0.2, 0) is 6.61 Å². The van der Waals surface area contributed by atoms with Gasteiger partial charge in [0.1, 0.15) is 23.2 Å². The van der Waals surface area contributed by atoms with E-state index >= 15 is 0 Å². The van der Waals surface area contributed by atoms with Crippen LogP contribution in [0.5, 0.6) is 5.75 Å². The fourth-order valence-electron chi connectivity index (χ4n) is 2.04. The Balaban J connectivity index is 1.58. The standard InChI is InChI=1S/C15H10FN5OS/c16-11-1-3-12(4-2-11)22-9-13-18-19-15-21(13)20-14(23-15)10-5-7-17-8-6-10/h1-8H,9H2. The molecule has 4 rings (SSSR count). The number of hydrogen-bond donors (Lipinski definition) is 0. The Bertz CT molecular complexity index is 936. The second-order valence-corrected chi connectivity index (χ2v) is 5.65. The Labute approximate surface area is 134 Å². The zero-order valence-electron chi connectivity index (χ0n) is 11.8. The smallest absolute Gasteiger partial charge is 0.235 e. The Hall–Kier alpha value is -2.87. The minimum absolute atomic E-state index is 0.201. The van der Waals surface area contributed by atoms with E-state index in [4.69, 9.17) is 4.74 Å². The number of fused-ring (bicyclic) bond motifs is 1. The predicted molar refractivity (Wildman–Crippen MR) is 82.6 cm³/mol. The number of benzene rings is 1. The SMILES string of the molecule is Fc1ccc(OCc2nnc3sc(-c4ccncc4)nn23)cc1. The van der Waals surface area contributed by atoms with Crippen molar-refractivity contribution in [3.05, 3.63) is 60.4 Å². The largest absolute Gasteiger partial charge is 0.486 e. The van der Waals surface area contributed by atoms with Gasteiger partial charge in [-0.05, 0) is 36.4 Å². The molecule has 114 valence electrons. The van der Waals surface area contributed by atoms with E-state index in [9.17, 15) is 4.39 Å². The molecule has 0 aliphatic heterocycles. The zero-order valence-corrected chi connectivity index (χ0v) is 12.6. The summed E-state index contributed by atoms with van der Waals surface area (Å²) >= 11 is 1.44. The third kappa shape index (κ3) is 2.76. The van der Waals surface area contributed by atoms with E-state index < -0.39 is 0 Å². The quantitative estimate of drug-likeness (QED) is 0.576. The van der Waals surface area contributed by atoms with E-state index in [1.165, 1.54) is 23.5 Å². The summed E-state index contributed by atoms with van der Waals surface area (Å²) < 4.78 is 20.1. The highest BCUT2D eigenvalue weighted by molar-refractivity contribution is 7.19. The molecule has 0 N–H and O–H groups in total. The first-order valence-corrected chi connectivity index (χ1v) is 7.61. The predicted octanol–water partition coefficient (Wildman–Crippen LogP) is 2.97. The maximum Gasteiger partial charge on any atom is 0.235 e. The van der Waals surface area contributed by atoms with Crippen LogP contribution >= 0.6 is 11.3 Å². The minimum Gasteiger partial charge on any atom is -0.486 e. The summed E-state index contributed by atoms with van der Waals surface area (Å²) in [5.74, 6) is 0.845. The molecular formula is C15H10FN5OS. The molecule has 0 saturated heterocycles. The first-order valence-electron chi connectivity index (χ1n) is 6.79. The molecule has 0 saturated carbocycles. The third-order valence-corrected chi connectivity index (χ3v) is 4.11. The van der Waals surface area contributed by atoms with Gasteiger partial charge in [-0.1, -0.05) is 11.3 Å². The number of ether oxygens (including phenoxy) is 1. The summed E-state index contributed by atoms with van der Waals surface area (Å²) in [6.45, 7) is 0.201. The Morgan fingerprint density at radius 3 is 2.61 bits per heavy atom. The normalized spacial score (nSPS) is 11.0. The molecule has 0 aliphatic rings. The lowest BCUT2D eigenvalue weighted by Crippen LogP contribution is -2.02. The van der Waals surface area contributed by atoms with Gasteiger partial charge >= 0.3 is 0 Å². The summed E-state index contributed by atoms with van der Waals surface area (Å²) in [5, 5.41) is 13.5. The second kappa shape index (κ2) is 5.73.